The molecule has 0 saturated carbocycles. The van der Waals surface area contributed by atoms with Crippen molar-refractivity contribution < 1.29 is 19.4 Å². The number of carboxylic acid groups (broad SMARTS) is 1. The smallest absolute Gasteiger partial charge is 0.313 e. The van der Waals surface area contributed by atoms with Crippen LogP contribution in [0.2, 0.25) is 0 Å². The minimum absolute atomic E-state index is 0.0615. The van der Waals surface area contributed by atoms with Crippen LogP contribution in [0, 0.1) is 0 Å². The number of thioether (sulfide) groups is 1. The fourth-order valence-corrected chi connectivity index (χ4v) is 3.61. The summed E-state index contributed by atoms with van der Waals surface area (Å²) in [6.45, 7) is 0.660. The van der Waals surface area contributed by atoms with Crippen molar-refractivity contribution in [1.82, 2.24) is 0 Å². The van der Waals surface area contributed by atoms with Crippen LogP contribution >= 0.6 is 11.8 Å². The molecular formula is C23H23NO4S. The van der Waals surface area contributed by atoms with Gasteiger partial charge in [-0.1, -0.05) is 24.3 Å². The van der Waals surface area contributed by atoms with E-state index in [0.717, 1.165) is 38.8 Å². The van der Waals surface area contributed by atoms with Crippen LogP contribution in [0.5, 0.6) is 11.5 Å². The van der Waals surface area contributed by atoms with Gasteiger partial charge < -0.3 is 19.9 Å². The van der Waals surface area contributed by atoms with Gasteiger partial charge in [0.1, 0.15) is 11.5 Å². The highest BCUT2D eigenvalue weighted by Gasteiger charge is 2.12. The molecule has 0 saturated heterocycles. The summed E-state index contributed by atoms with van der Waals surface area (Å²) >= 11 is 1.31. The SMILES string of the molecule is COc1cccc(OC)c1-c1cccc(CNc2ccc(SCC(=O)O)cc2)c1. The third-order valence-corrected chi connectivity index (χ3v) is 5.35. The van der Waals surface area contributed by atoms with E-state index in [9.17, 15) is 4.79 Å². The van der Waals surface area contributed by atoms with Gasteiger partial charge in [-0.2, -0.15) is 0 Å². The molecule has 0 amide bonds. The lowest BCUT2D eigenvalue weighted by Gasteiger charge is -2.14. The fraction of sp³-hybridized carbons (Fsp3) is 0.174. The number of ether oxygens (including phenoxy) is 2. The number of nitrogens with one attached hydrogen (secondary N) is 1. The Labute approximate surface area is 174 Å². The molecule has 3 aromatic carbocycles. The van der Waals surface area contributed by atoms with Crippen LogP contribution in [0.25, 0.3) is 11.1 Å². The summed E-state index contributed by atoms with van der Waals surface area (Å²) in [5, 5.41) is 12.2. The molecule has 0 aromatic heterocycles. The molecule has 0 bridgehead atoms. The summed E-state index contributed by atoms with van der Waals surface area (Å²) in [6, 6.07) is 21.7. The van der Waals surface area contributed by atoms with Crippen molar-refractivity contribution >= 4 is 23.4 Å². The quantitative estimate of drug-likeness (QED) is 0.476. The molecule has 0 aliphatic rings. The Morgan fingerprint density at radius 2 is 1.62 bits per heavy atom. The van der Waals surface area contributed by atoms with E-state index in [1.165, 1.54) is 11.8 Å². The second-order valence-corrected chi connectivity index (χ2v) is 7.35. The molecule has 0 heterocycles. The zero-order valence-electron chi connectivity index (χ0n) is 16.3. The molecule has 0 spiro atoms. The molecular weight excluding hydrogens is 386 g/mol. The highest BCUT2D eigenvalue weighted by atomic mass is 32.2. The second-order valence-electron chi connectivity index (χ2n) is 6.30. The van der Waals surface area contributed by atoms with Crippen LogP contribution in [0.3, 0.4) is 0 Å². The third kappa shape index (κ3) is 5.45. The largest absolute Gasteiger partial charge is 0.496 e. The van der Waals surface area contributed by atoms with Crippen molar-refractivity contribution in [2.45, 2.75) is 11.4 Å². The Bertz CT molecular complexity index is 951. The summed E-state index contributed by atoms with van der Waals surface area (Å²) in [5.74, 6) is 0.781. The number of benzene rings is 3. The second kappa shape index (κ2) is 9.89. The molecule has 0 aliphatic heterocycles. The van der Waals surface area contributed by atoms with Crippen molar-refractivity contribution in [2.75, 3.05) is 25.3 Å². The number of anilines is 1. The number of methoxy groups -OCH3 is 2. The molecule has 150 valence electrons. The maximum Gasteiger partial charge on any atom is 0.313 e. The molecule has 3 aromatic rings. The highest BCUT2D eigenvalue weighted by Crippen LogP contribution is 2.38. The molecule has 6 heteroatoms. The van der Waals surface area contributed by atoms with Crippen LogP contribution in [-0.2, 0) is 11.3 Å². The molecule has 3 rings (SSSR count). The molecule has 0 radical (unpaired) electrons. The standard InChI is InChI=1S/C23H23NO4S/c1-27-20-7-4-8-21(28-2)23(20)17-6-3-5-16(13-17)14-24-18-9-11-19(12-10-18)29-15-22(25)26/h3-13,24H,14-15H2,1-2H3,(H,25,26). The summed E-state index contributed by atoms with van der Waals surface area (Å²) in [5.41, 5.74) is 4.06. The average molecular weight is 410 g/mol. The van der Waals surface area contributed by atoms with Gasteiger partial charge in [0.2, 0.25) is 0 Å². The van der Waals surface area contributed by atoms with E-state index in [4.69, 9.17) is 14.6 Å². The van der Waals surface area contributed by atoms with E-state index in [1.807, 2.05) is 54.6 Å². The zero-order valence-corrected chi connectivity index (χ0v) is 17.2. The summed E-state index contributed by atoms with van der Waals surface area (Å²) < 4.78 is 11.0. The Morgan fingerprint density at radius 3 is 2.24 bits per heavy atom. The first-order chi connectivity index (χ1) is 14.1. The van der Waals surface area contributed by atoms with E-state index >= 15 is 0 Å². The van der Waals surface area contributed by atoms with Crippen molar-refractivity contribution in [3.05, 3.63) is 72.3 Å². The van der Waals surface area contributed by atoms with Gasteiger partial charge >= 0.3 is 5.97 Å². The van der Waals surface area contributed by atoms with Crippen LogP contribution in [0.15, 0.2) is 71.6 Å². The Hall–Kier alpha value is -3.12. The van der Waals surface area contributed by atoms with Gasteiger partial charge in [0.15, 0.2) is 0 Å². The lowest BCUT2D eigenvalue weighted by Crippen LogP contribution is -2.00. The lowest BCUT2D eigenvalue weighted by atomic mass is 10.0. The van der Waals surface area contributed by atoms with Crippen molar-refractivity contribution in [3.8, 4) is 22.6 Å². The van der Waals surface area contributed by atoms with Gasteiger partial charge in [0.05, 0.1) is 25.5 Å². The normalized spacial score (nSPS) is 10.4. The van der Waals surface area contributed by atoms with Crippen molar-refractivity contribution in [3.63, 3.8) is 0 Å². The third-order valence-electron chi connectivity index (χ3n) is 4.36. The maximum atomic E-state index is 10.7. The number of rotatable bonds is 9. The van der Waals surface area contributed by atoms with E-state index in [2.05, 4.69) is 17.4 Å². The number of aliphatic carboxylic acids is 1. The monoisotopic (exact) mass is 409 g/mol. The van der Waals surface area contributed by atoms with Crippen LogP contribution < -0.4 is 14.8 Å². The minimum atomic E-state index is -0.816. The van der Waals surface area contributed by atoms with Gasteiger partial charge in [0.25, 0.3) is 0 Å². The fourth-order valence-electron chi connectivity index (χ4n) is 2.99. The van der Waals surface area contributed by atoms with Gasteiger partial charge in [-0.15, -0.1) is 11.8 Å². The predicted molar refractivity (Wildman–Crippen MR) is 117 cm³/mol. The number of carbonyl (C=O) groups is 1. The Morgan fingerprint density at radius 1 is 0.966 bits per heavy atom. The van der Waals surface area contributed by atoms with Gasteiger partial charge in [-0.3, -0.25) is 4.79 Å². The number of hydrogen-bond donors (Lipinski definition) is 2. The first-order valence-corrected chi connectivity index (χ1v) is 10.1. The van der Waals surface area contributed by atoms with Crippen LogP contribution in [0.4, 0.5) is 5.69 Å². The van der Waals surface area contributed by atoms with Gasteiger partial charge in [0, 0.05) is 17.1 Å². The minimum Gasteiger partial charge on any atom is -0.496 e. The van der Waals surface area contributed by atoms with Gasteiger partial charge in [-0.05, 0) is 53.6 Å². The summed E-state index contributed by atoms with van der Waals surface area (Å²) in [6.07, 6.45) is 0. The van der Waals surface area contributed by atoms with Gasteiger partial charge in [-0.25, -0.2) is 0 Å². The van der Waals surface area contributed by atoms with E-state index in [-0.39, 0.29) is 5.75 Å². The topological polar surface area (TPSA) is 67.8 Å². The molecule has 0 unspecified atom stereocenters. The van der Waals surface area contributed by atoms with E-state index in [1.54, 1.807) is 14.2 Å². The van der Waals surface area contributed by atoms with Crippen LogP contribution in [-0.4, -0.2) is 31.0 Å². The Kier molecular flexibility index (Phi) is 7.03. The molecule has 0 atom stereocenters. The first kappa shape index (κ1) is 20.6. The zero-order chi connectivity index (χ0) is 20.6. The Balaban J connectivity index is 1.72. The first-order valence-electron chi connectivity index (χ1n) is 9.09. The molecule has 0 fully saturated rings. The predicted octanol–water partition coefficient (Wildman–Crippen LogP) is 5.16. The van der Waals surface area contributed by atoms with E-state index in [0.29, 0.717) is 6.54 Å². The van der Waals surface area contributed by atoms with Crippen molar-refractivity contribution in [2.24, 2.45) is 0 Å². The number of hydrogen-bond acceptors (Lipinski definition) is 5. The summed E-state index contributed by atoms with van der Waals surface area (Å²) in [7, 11) is 3.31. The molecule has 2 N–H and O–H groups in total. The van der Waals surface area contributed by atoms with Crippen LogP contribution in [0.1, 0.15) is 5.56 Å². The highest BCUT2D eigenvalue weighted by molar-refractivity contribution is 8.00. The molecule has 0 aliphatic carbocycles. The van der Waals surface area contributed by atoms with E-state index < -0.39 is 5.97 Å². The molecule has 5 nitrogen and oxygen atoms in total. The van der Waals surface area contributed by atoms with Crippen molar-refractivity contribution in [1.29, 1.82) is 0 Å². The number of carboxylic acids is 1. The maximum absolute atomic E-state index is 10.7. The molecule has 29 heavy (non-hydrogen) atoms. The lowest BCUT2D eigenvalue weighted by molar-refractivity contribution is -0.133. The average Bonchev–Trinajstić information content (AvgIpc) is 2.76. The summed E-state index contributed by atoms with van der Waals surface area (Å²) in [4.78, 5) is 11.6.